The highest BCUT2D eigenvalue weighted by Gasteiger charge is 2.18. The van der Waals surface area contributed by atoms with Crippen molar-refractivity contribution in [3.05, 3.63) is 11.3 Å². The summed E-state index contributed by atoms with van der Waals surface area (Å²) in [6, 6.07) is 1.88. The van der Waals surface area contributed by atoms with Gasteiger partial charge in [-0.25, -0.2) is 4.79 Å². The van der Waals surface area contributed by atoms with Crippen LogP contribution in [-0.4, -0.2) is 17.7 Å². The number of unbranched alkanes of at least 4 members (excludes halogenated alkanes) is 1. The molecule has 0 rings (SSSR count). The summed E-state index contributed by atoms with van der Waals surface area (Å²) in [5.41, 5.74) is 0.193. The topological polar surface area (TPSA) is 70.3 Å². The zero-order valence-corrected chi connectivity index (χ0v) is 9.41. The molecule has 0 aliphatic carbocycles. The van der Waals surface area contributed by atoms with Crippen LogP contribution in [0, 0.1) is 17.2 Å². The lowest BCUT2D eigenvalue weighted by Crippen LogP contribution is -2.11. The molecule has 0 aromatic carbocycles. The Balaban J connectivity index is 4.77. The van der Waals surface area contributed by atoms with Crippen molar-refractivity contribution in [3.8, 4) is 6.07 Å². The maximum Gasteiger partial charge on any atom is 0.372 e. The summed E-state index contributed by atoms with van der Waals surface area (Å²) in [5.74, 6) is -1.51. The quantitative estimate of drug-likeness (QED) is 0.317. The molecule has 4 nitrogen and oxygen atoms in total. The van der Waals surface area contributed by atoms with Crippen LogP contribution in [0.5, 0.6) is 0 Å². The molecule has 0 saturated carbocycles. The molecule has 0 aromatic rings. The fourth-order valence-corrected chi connectivity index (χ4v) is 1.02. The number of nitrogens with zero attached hydrogens (tertiary/aromatic N) is 1. The third kappa shape index (κ3) is 4.50. The number of nitriles is 1. The standard InChI is InChI=1S/C11H17NO3/c1-4-5-6-15-10(11(13)14)9(7-12)8(2)3/h8H,4-6H2,1-3H3,(H,13,14)/b10-9+. The minimum absolute atomic E-state index is 0.136. The molecule has 0 unspecified atom stereocenters. The third-order valence-corrected chi connectivity index (χ3v) is 1.88. The van der Waals surface area contributed by atoms with Crippen molar-refractivity contribution in [1.82, 2.24) is 0 Å². The Morgan fingerprint density at radius 3 is 2.47 bits per heavy atom. The summed E-state index contributed by atoms with van der Waals surface area (Å²) in [5, 5.41) is 17.7. The second kappa shape index (κ2) is 6.88. The van der Waals surface area contributed by atoms with Crippen molar-refractivity contribution < 1.29 is 14.6 Å². The Morgan fingerprint density at radius 1 is 1.53 bits per heavy atom. The highest BCUT2D eigenvalue weighted by atomic mass is 16.5. The van der Waals surface area contributed by atoms with E-state index in [0.29, 0.717) is 6.61 Å². The predicted octanol–water partition coefficient (Wildman–Crippen LogP) is 2.32. The first kappa shape index (κ1) is 13.5. The van der Waals surface area contributed by atoms with E-state index in [0.717, 1.165) is 12.8 Å². The zero-order chi connectivity index (χ0) is 11.8. The number of carbonyl (C=O) groups is 1. The SMILES string of the molecule is CCCCO/C(C(=O)O)=C(\C#N)C(C)C. The van der Waals surface area contributed by atoms with Crippen LogP contribution in [0.15, 0.2) is 11.3 Å². The molecule has 4 heteroatoms. The summed E-state index contributed by atoms with van der Waals surface area (Å²) in [6.45, 7) is 5.87. The van der Waals surface area contributed by atoms with Gasteiger partial charge < -0.3 is 9.84 Å². The predicted molar refractivity (Wildman–Crippen MR) is 56.0 cm³/mol. The van der Waals surface area contributed by atoms with E-state index in [2.05, 4.69) is 0 Å². The summed E-state index contributed by atoms with van der Waals surface area (Å²) >= 11 is 0. The van der Waals surface area contributed by atoms with Gasteiger partial charge >= 0.3 is 5.97 Å². The van der Waals surface area contributed by atoms with Gasteiger partial charge in [-0.1, -0.05) is 27.2 Å². The molecule has 0 bridgehead atoms. The molecule has 0 spiro atoms. The molecule has 0 aromatic heterocycles. The molecule has 0 heterocycles. The number of aliphatic carboxylic acids is 1. The van der Waals surface area contributed by atoms with Crippen LogP contribution in [-0.2, 0) is 9.53 Å². The number of hydrogen-bond acceptors (Lipinski definition) is 3. The summed E-state index contributed by atoms with van der Waals surface area (Å²) < 4.78 is 5.12. The van der Waals surface area contributed by atoms with Gasteiger partial charge in [-0.15, -0.1) is 0 Å². The lowest BCUT2D eigenvalue weighted by Gasteiger charge is -2.10. The van der Waals surface area contributed by atoms with Crippen LogP contribution in [0.2, 0.25) is 0 Å². The van der Waals surface area contributed by atoms with E-state index in [1.54, 1.807) is 13.8 Å². The van der Waals surface area contributed by atoms with Crippen LogP contribution in [0.4, 0.5) is 0 Å². The summed E-state index contributed by atoms with van der Waals surface area (Å²) in [7, 11) is 0. The second-order valence-electron chi connectivity index (χ2n) is 3.52. The average Bonchev–Trinajstić information content (AvgIpc) is 2.16. The van der Waals surface area contributed by atoms with Gasteiger partial charge in [0.25, 0.3) is 0 Å². The van der Waals surface area contributed by atoms with E-state index >= 15 is 0 Å². The van der Waals surface area contributed by atoms with Crippen LogP contribution in [0.3, 0.4) is 0 Å². The molecule has 15 heavy (non-hydrogen) atoms. The molecule has 0 aliphatic rings. The Kier molecular flexibility index (Phi) is 6.19. The first-order valence-electron chi connectivity index (χ1n) is 5.04. The van der Waals surface area contributed by atoms with Crippen molar-refractivity contribution >= 4 is 5.97 Å². The number of hydrogen-bond donors (Lipinski definition) is 1. The van der Waals surface area contributed by atoms with Crippen molar-refractivity contribution in [3.63, 3.8) is 0 Å². The van der Waals surface area contributed by atoms with E-state index in [1.165, 1.54) is 0 Å². The summed E-state index contributed by atoms with van der Waals surface area (Å²) in [6.07, 6.45) is 1.71. The van der Waals surface area contributed by atoms with Crippen molar-refractivity contribution in [2.75, 3.05) is 6.61 Å². The minimum Gasteiger partial charge on any atom is -0.486 e. The molecule has 0 radical (unpaired) electrons. The smallest absolute Gasteiger partial charge is 0.372 e. The van der Waals surface area contributed by atoms with Gasteiger partial charge in [0.15, 0.2) is 0 Å². The average molecular weight is 211 g/mol. The Morgan fingerprint density at radius 2 is 2.13 bits per heavy atom. The Labute approximate surface area is 90.2 Å². The number of carboxylic acids is 1. The van der Waals surface area contributed by atoms with E-state index in [-0.39, 0.29) is 17.3 Å². The number of allylic oxidation sites excluding steroid dienone is 1. The van der Waals surface area contributed by atoms with Crippen molar-refractivity contribution in [2.24, 2.45) is 5.92 Å². The molecule has 1 N–H and O–H groups in total. The van der Waals surface area contributed by atoms with Gasteiger partial charge in [-0.05, 0) is 12.3 Å². The minimum atomic E-state index is -1.17. The van der Waals surface area contributed by atoms with Gasteiger partial charge in [0.2, 0.25) is 5.76 Å². The third-order valence-electron chi connectivity index (χ3n) is 1.88. The van der Waals surface area contributed by atoms with Crippen LogP contribution in [0.25, 0.3) is 0 Å². The maximum atomic E-state index is 10.9. The molecule has 0 aliphatic heterocycles. The Hall–Kier alpha value is -1.50. The lowest BCUT2D eigenvalue weighted by molar-refractivity contribution is -0.136. The van der Waals surface area contributed by atoms with Crippen LogP contribution >= 0.6 is 0 Å². The number of rotatable bonds is 6. The first-order chi connectivity index (χ1) is 7.04. The maximum absolute atomic E-state index is 10.9. The largest absolute Gasteiger partial charge is 0.486 e. The highest BCUT2D eigenvalue weighted by Crippen LogP contribution is 2.15. The second-order valence-corrected chi connectivity index (χ2v) is 3.52. The zero-order valence-electron chi connectivity index (χ0n) is 9.41. The molecule has 0 fully saturated rings. The van der Waals surface area contributed by atoms with Gasteiger partial charge in [-0.3, -0.25) is 0 Å². The van der Waals surface area contributed by atoms with E-state index in [4.69, 9.17) is 15.1 Å². The monoisotopic (exact) mass is 211 g/mol. The highest BCUT2D eigenvalue weighted by molar-refractivity contribution is 5.86. The van der Waals surface area contributed by atoms with Gasteiger partial charge in [0, 0.05) is 0 Å². The molecule has 0 amide bonds. The van der Waals surface area contributed by atoms with E-state index in [1.807, 2.05) is 13.0 Å². The number of carboxylic acid groups (broad SMARTS) is 1. The normalized spacial score (nSPS) is 11.9. The van der Waals surface area contributed by atoms with E-state index < -0.39 is 5.97 Å². The molecule has 0 atom stereocenters. The molecule has 84 valence electrons. The van der Waals surface area contributed by atoms with E-state index in [9.17, 15) is 4.79 Å². The van der Waals surface area contributed by atoms with Gasteiger partial charge in [0.05, 0.1) is 18.2 Å². The fourth-order valence-electron chi connectivity index (χ4n) is 1.02. The molecule has 0 saturated heterocycles. The Bertz CT molecular complexity index is 287. The molecular formula is C11H17NO3. The van der Waals surface area contributed by atoms with Gasteiger partial charge in [-0.2, -0.15) is 5.26 Å². The van der Waals surface area contributed by atoms with Crippen LogP contribution < -0.4 is 0 Å². The first-order valence-corrected chi connectivity index (χ1v) is 5.04. The van der Waals surface area contributed by atoms with Gasteiger partial charge in [0.1, 0.15) is 0 Å². The number of ether oxygens (including phenoxy) is 1. The molecular weight excluding hydrogens is 194 g/mol. The summed E-state index contributed by atoms with van der Waals surface area (Å²) in [4.78, 5) is 10.9. The lowest BCUT2D eigenvalue weighted by atomic mass is 10.0. The van der Waals surface area contributed by atoms with Crippen LogP contribution in [0.1, 0.15) is 33.6 Å². The van der Waals surface area contributed by atoms with Crippen molar-refractivity contribution in [1.29, 1.82) is 5.26 Å². The van der Waals surface area contributed by atoms with Crippen molar-refractivity contribution in [2.45, 2.75) is 33.6 Å². The fraction of sp³-hybridized carbons (Fsp3) is 0.636.